The highest BCUT2D eigenvalue weighted by molar-refractivity contribution is 5.94. The lowest BCUT2D eigenvalue weighted by atomic mass is 10.4. The van der Waals surface area contributed by atoms with Crippen LogP contribution < -0.4 is 10.1 Å². The van der Waals surface area contributed by atoms with Gasteiger partial charge in [0.15, 0.2) is 18.2 Å². The maximum absolute atomic E-state index is 10.9. The highest BCUT2D eigenvalue weighted by atomic mass is 16.5. The van der Waals surface area contributed by atoms with E-state index in [-0.39, 0.29) is 12.5 Å². The van der Waals surface area contributed by atoms with Crippen LogP contribution >= 0.6 is 0 Å². The third-order valence-corrected chi connectivity index (χ3v) is 1.72. The lowest BCUT2D eigenvalue weighted by Crippen LogP contribution is -2.26. The molecule has 0 atom stereocenters. The Morgan fingerprint density at radius 2 is 2.67 bits per heavy atom. The molecule has 0 saturated heterocycles. The average Bonchev–Trinajstić information content (AvgIpc) is 2.46. The minimum atomic E-state index is -0.127. The Hall–Kier alpha value is -1.52. The summed E-state index contributed by atoms with van der Waals surface area (Å²) in [5.41, 5.74) is 0. The Morgan fingerprint density at radius 1 is 1.83 bits per heavy atom. The minimum absolute atomic E-state index is 0.0857. The second-order valence-corrected chi connectivity index (χ2v) is 2.51. The van der Waals surface area contributed by atoms with Crippen LogP contribution in [-0.4, -0.2) is 22.3 Å². The predicted octanol–water partition coefficient (Wildman–Crippen LogP) is 0.234. The molecule has 0 spiro atoms. The van der Waals surface area contributed by atoms with Crippen molar-refractivity contribution in [1.29, 1.82) is 0 Å². The first-order valence-corrected chi connectivity index (χ1v) is 3.79. The molecule has 0 bridgehead atoms. The van der Waals surface area contributed by atoms with Gasteiger partial charge in [0.05, 0.1) is 6.20 Å². The average molecular weight is 167 g/mol. The van der Waals surface area contributed by atoms with Crippen molar-refractivity contribution in [2.45, 2.75) is 13.5 Å². The molecule has 64 valence electrons. The third-order valence-electron chi connectivity index (χ3n) is 1.72. The van der Waals surface area contributed by atoms with Crippen LogP contribution in [0.2, 0.25) is 0 Å². The van der Waals surface area contributed by atoms with E-state index in [9.17, 15) is 4.79 Å². The van der Waals surface area contributed by atoms with Crippen molar-refractivity contribution in [2.24, 2.45) is 0 Å². The summed E-state index contributed by atoms with van der Waals surface area (Å²) in [5, 5.41) is 6.72. The molecule has 1 amide bonds. The topological polar surface area (TPSA) is 56.2 Å². The molecule has 2 rings (SSSR count). The van der Waals surface area contributed by atoms with Crippen molar-refractivity contribution in [3.05, 3.63) is 6.20 Å². The molecular formula is C7H9N3O2. The Morgan fingerprint density at radius 3 is 3.42 bits per heavy atom. The van der Waals surface area contributed by atoms with Crippen LogP contribution in [0.5, 0.6) is 5.75 Å². The van der Waals surface area contributed by atoms with E-state index >= 15 is 0 Å². The predicted molar refractivity (Wildman–Crippen MR) is 42.0 cm³/mol. The molecule has 0 aromatic carbocycles. The van der Waals surface area contributed by atoms with Crippen molar-refractivity contribution in [3.63, 3.8) is 0 Å². The van der Waals surface area contributed by atoms with Crippen LogP contribution in [0.4, 0.5) is 5.82 Å². The minimum Gasteiger partial charge on any atom is -0.478 e. The number of aryl methyl sites for hydroxylation is 1. The largest absolute Gasteiger partial charge is 0.478 e. The summed E-state index contributed by atoms with van der Waals surface area (Å²) in [4.78, 5) is 10.9. The number of hydrogen-bond donors (Lipinski definition) is 1. The lowest BCUT2D eigenvalue weighted by Gasteiger charge is -2.14. The number of aromatic nitrogens is 2. The number of hydrogen-bond acceptors (Lipinski definition) is 3. The van der Waals surface area contributed by atoms with Gasteiger partial charge in [0.1, 0.15) is 0 Å². The molecule has 0 fully saturated rings. The standard InChI is InChI=1S/C7H9N3O2/c1-2-10-7-5(3-8-10)12-4-6(11)9-7/h3H,2,4H2,1H3,(H,9,11). The summed E-state index contributed by atoms with van der Waals surface area (Å²) in [5.74, 6) is 1.18. The number of fused-ring (bicyclic) bond motifs is 1. The van der Waals surface area contributed by atoms with Crippen LogP contribution in [0.1, 0.15) is 6.92 Å². The number of carbonyl (C=O) groups is 1. The number of ether oxygens (including phenoxy) is 1. The van der Waals surface area contributed by atoms with E-state index in [4.69, 9.17) is 4.74 Å². The fourth-order valence-corrected chi connectivity index (χ4v) is 1.15. The summed E-state index contributed by atoms with van der Waals surface area (Å²) in [6.45, 7) is 2.76. The Labute approximate surface area is 69.3 Å². The van der Waals surface area contributed by atoms with E-state index in [1.165, 1.54) is 0 Å². The number of nitrogens with zero attached hydrogens (tertiary/aromatic N) is 2. The van der Waals surface area contributed by atoms with Crippen LogP contribution in [0, 0.1) is 0 Å². The van der Waals surface area contributed by atoms with Crippen molar-refractivity contribution >= 4 is 11.7 Å². The first-order chi connectivity index (χ1) is 5.81. The molecule has 2 heterocycles. The van der Waals surface area contributed by atoms with Gasteiger partial charge in [-0.15, -0.1) is 0 Å². The molecule has 5 heteroatoms. The molecule has 1 N–H and O–H groups in total. The molecule has 12 heavy (non-hydrogen) atoms. The van der Waals surface area contributed by atoms with E-state index in [0.717, 1.165) is 6.54 Å². The monoisotopic (exact) mass is 167 g/mol. The fraction of sp³-hybridized carbons (Fsp3) is 0.429. The Kier molecular flexibility index (Phi) is 1.49. The number of nitrogens with one attached hydrogen (secondary N) is 1. The molecule has 0 unspecified atom stereocenters. The van der Waals surface area contributed by atoms with Crippen molar-refractivity contribution in [2.75, 3.05) is 11.9 Å². The van der Waals surface area contributed by atoms with Gasteiger partial charge in [0, 0.05) is 6.54 Å². The van der Waals surface area contributed by atoms with Crippen molar-refractivity contribution in [1.82, 2.24) is 9.78 Å². The van der Waals surface area contributed by atoms with Crippen LogP contribution in [0.15, 0.2) is 6.20 Å². The van der Waals surface area contributed by atoms with E-state index < -0.39 is 0 Å². The van der Waals surface area contributed by atoms with Gasteiger partial charge in [-0.2, -0.15) is 5.10 Å². The van der Waals surface area contributed by atoms with Gasteiger partial charge in [0.25, 0.3) is 5.91 Å². The third kappa shape index (κ3) is 0.939. The van der Waals surface area contributed by atoms with Crippen molar-refractivity contribution < 1.29 is 9.53 Å². The van der Waals surface area contributed by atoms with Gasteiger partial charge in [-0.05, 0) is 6.92 Å². The van der Waals surface area contributed by atoms with Crippen LogP contribution in [-0.2, 0) is 11.3 Å². The fourth-order valence-electron chi connectivity index (χ4n) is 1.15. The second kappa shape index (κ2) is 2.51. The highest BCUT2D eigenvalue weighted by Gasteiger charge is 2.19. The number of amides is 1. The summed E-state index contributed by atoms with van der Waals surface area (Å²) < 4.78 is 6.81. The number of anilines is 1. The summed E-state index contributed by atoms with van der Waals surface area (Å²) in [7, 11) is 0. The van der Waals surface area contributed by atoms with Gasteiger partial charge < -0.3 is 10.1 Å². The normalized spacial score (nSPS) is 14.9. The molecule has 0 aliphatic carbocycles. The Balaban J connectivity index is 2.40. The summed E-state index contributed by atoms with van der Waals surface area (Å²) in [6.07, 6.45) is 1.61. The SMILES string of the molecule is CCn1ncc2c1NC(=O)CO2. The molecule has 1 aromatic rings. The zero-order valence-corrected chi connectivity index (χ0v) is 6.70. The second-order valence-electron chi connectivity index (χ2n) is 2.51. The van der Waals surface area contributed by atoms with Gasteiger partial charge in [-0.25, -0.2) is 4.68 Å². The molecule has 0 radical (unpaired) electrons. The molecule has 1 aliphatic heterocycles. The lowest BCUT2D eigenvalue weighted by molar-refractivity contribution is -0.118. The van der Waals surface area contributed by atoms with Crippen molar-refractivity contribution in [3.8, 4) is 5.75 Å². The molecule has 0 saturated carbocycles. The number of rotatable bonds is 1. The smallest absolute Gasteiger partial charge is 0.263 e. The maximum atomic E-state index is 10.9. The zero-order valence-electron chi connectivity index (χ0n) is 6.70. The van der Waals surface area contributed by atoms with E-state index in [1.54, 1.807) is 10.9 Å². The van der Waals surface area contributed by atoms with Crippen LogP contribution in [0.3, 0.4) is 0 Å². The molecule has 1 aliphatic rings. The molecular weight excluding hydrogens is 158 g/mol. The molecule has 1 aromatic heterocycles. The molecule has 5 nitrogen and oxygen atoms in total. The van der Waals surface area contributed by atoms with E-state index in [2.05, 4.69) is 10.4 Å². The van der Waals surface area contributed by atoms with Gasteiger partial charge in [-0.1, -0.05) is 0 Å². The van der Waals surface area contributed by atoms with Gasteiger partial charge in [0.2, 0.25) is 0 Å². The quantitative estimate of drug-likeness (QED) is 0.651. The zero-order chi connectivity index (χ0) is 8.55. The van der Waals surface area contributed by atoms with Gasteiger partial charge >= 0.3 is 0 Å². The van der Waals surface area contributed by atoms with E-state index in [1.807, 2.05) is 6.92 Å². The summed E-state index contributed by atoms with van der Waals surface area (Å²) in [6, 6.07) is 0. The first kappa shape index (κ1) is 7.15. The summed E-state index contributed by atoms with van der Waals surface area (Å²) >= 11 is 0. The Bertz CT molecular complexity index is 305. The van der Waals surface area contributed by atoms with Crippen LogP contribution in [0.25, 0.3) is 0 Å². The maximum Gasteiger partial charge on any atom is 0.263 e. The van der Waals surface area contributed by atoms with Gasteiger partial charge in [-0.3, -0.25) is 4.79 Å². The van der Waals surface area contributed by atoms with E-state index in [0.29, 0.717) is 11.6 Å². The first-order valence-electron chi connectivity index (χ1n) is 3.79. The number of carbonyl (C=O) groups excluding carboxylic acids is 1. The highest BCUT2D eigenvalue weighted by Crippen LogP contribution is 2.26.